The lowest BCUT2D eigenvalue weighted by Crippen LogP contribution is -2.15. The number of non-ortho nitro benzene ring substituents is 1. The number of nitrogens with zero attached hydrogens (tertiary/aromatic N) is 1. The van der Waals surface area contributed by atoms with Crippen molar-refractivity contribution < 1.29 is 32.3 Å². The molecule has 28 heavy (non-hydrogen) atoms. The van der Waals surface area contributed by atoms with E-state index in [4.69, 9.17) is 14.2 Å². The van der Waals surface area contributed by atoms with Crippen LogP contribution in [0.4, 0.5) is 5.69 Å². The Morgan fingerprint density at radius 1 is 1.29 bits per heavy atom. The van der Waals surface area contributed by atoms with Gasteiger partial charge in [0.25, 0.3) is 5.69 Å². The van der Waals surface area contributed by atoms with Gasteiger partial charge in [0.05, 0.1) is 22.0 Å². The van der Waals surface area contributed by atoms with Crippen LogP contribution in [0.25, 0.3) is 0 Å². The molecule has 2 aromatic rings. The first-order chi connectivity index (χ1) is 13.2. The fourth-order valence-electron chi connectivity index (χ4n) is 2.77. The first-order valence-corrected chi connectivity index (χ1v) is 10.0. The molecule has 0 aliphatic carbocycles. The quantitative estimate of drug-likeness (QED) is 0.421. The summed E-state index contributed by atoms with van der Waals surface area (Å²) in [5.41, 5.74) is 1.29. The van der Waals surface area contributed by atoms with Crippen molar-refractivity contribution >= 4 is 21.5 Å². The van der Waals surface area contributed by atoms with Crippen molar-refractivity contribution in [3.63, 3.8) is 0 Å². The molecular formula is C18H17NO8S. The van der Waals surface area contributed by atoms with Gasteiger partial charge in [-0.25, -0.2) is 13.2 Å². The van der Waals surface area contributed by atoms with Gasteiger partial charge in [-0.3, -0.25) is 10.1 Å². The average Bonchev–Trinajstić information content (AvgIpc) is 2.64. The number of nitro groups is 1. The van der Waals surface area contributed by atoms with Crippen molar-refractivity contribution in [3.05, 3.63) is 62.7 Å². The summed E-state index contributed by atoms with van der Waals surface area (Å²) in [5.74, 6) is -0.360. The molecule has 0 amide bonds. The number of aryl methyl sites for hydroxylation is 1. The summed E-state index contributed by atoms with van der Waals surface area (Å²) < 4.78 is 39.2. The van der Waals surface area contributed by atoms with Crippen LogP contribution in [-0.4, -0.2) is 32.4 Å². The van der Waals surface area contributed by atoms with Gasteiger partial charge in [-0.15, -0.1) is 0 Å². The monoisotopic (exact) mass is 407 g/mol. The summed E-state index contributed by atoms with van der Waals surface area (Å²) in [7, 11) is -3.49. The van der Waals surface area contributed by atoms with E-state index in [0.29, 0.717) is 22.4 Å². The average molecular weight is 407 g/mol. The van der Waals surface area contributed by atoms with Crippen molar-refractivity contribution in [2.45, 2.75) is 25.0 Å². The van der Waals surface area contributed by atoms with E-state index < -0.39 is 20.7 Å². The lowest BCUT2D eigenvalue weighted by Gasteiger charge is -2.20. The minimum absolute atomic E-state index is 0.00161. The standard InChI is InChI=1S/C18H17NO8S/c1-11-3-4-15(28(2,23)24)7-16(11)18(20)26-9-13-6-14(19(21)22)5-12-8-25-10-27-17(12)13/h3-7H,8-10H2,1-2H3. The zero-order valence-corrected chi connectivity index (χ0v) is 15.9. The minimum atomic E-state index is -3.49. The molecule has 3 rings (SSSR count). The van der Waals surface area contributed by atoms with Crippen LogP contribution in [0, 0.1) is 17.0 Å². The summed E-state index contributed by atoms with van der Waals surface area (Å²) >= 11 is 0. The number of fused-ring (bicyclic) bond motifs is 1. The van der Waals surface area contributed by atoms with Crippen LogP contribution in [0.1, 0.15) is 27.0 Å². The van der Waals surface area contributed by atoms with Crippen LogP contribution >= 0.6 is 0 Å². The number of carbonyl (C=O) groups excluding carboxylic acids is 1. The van der Waals surface area contributed by atoms with E-state index in [1.807, 2.05) is 0 Å². The lowest BCUT2D eigenvalue weighted by molar-refractivity contribution is -0.385. The SMILES string of the molecule is Cc1ccc(S(C)(=O)=O)cc1C(=O)OCc1cc([N+](=O)[O-])cc2c1OCOC2. The number of sulfone groups is 1. The number of nitro benzene ring substituents is 1. The van der Waals surface area contributed by atoms with E-state index in [9.17, 15) is 23.3 Å². The van der Waals surface area contributed by atoms with Crippen molar-refractivity contribution in [2.75, 3.05) is 13.0 Å². The number of benzene rings is 2. The van der Waals surface area contributed by atoms with Crippen LogP contribution in [0.5, 0.6) is 5.75 Å². The van der Waals surface area contributed by atoms with Crippen LogP contribution < -0.4 is 4.74 Å². The summed E-state index contributed by atoms with van der Waals surface area (Å²) in [4.78, 5) is 23.1. The number of carbonyl (C=O) groups is 1. The van der Waals surface area contributed by atoms with Gasteiger partial charge >= 0.3 is 5.97 Å². The normalized spacial score (nSPS) is 13.4. The van der Waals surface area contributed by atoms with Gasteiger partial charge in [0, 0.05) is 29.5 Å². The Bertz CT molecular complexity index is 1060. The summed E-state index contributed by atoms with van der Waals surface area (Å²) in [6, 6.07) is 6.80. The molecule has 2 aromatic carbocycles. The Kier molecular flexibility index (Phi) is 5.34. The number of ether oxygens (including phenoxy) is 3. The van der Waals surface area contributed by atoms with Crippen molar-refractivity contribution in [2.24, 2.45) is 0 Å². The molecule has 9 nitrogen and oxygen atoms in total. The molecule has 10 heteroatoms. The van der Waals surface area contributed by atoms with E-state index in [1.165, 1.54) is 30.3 Å². The van der Waals surface area contributed by atoms with E-state index >= 15 is 0 Å². The second-order valence-corrected chi connectivity index (χ2v) is 8.30. The molecular weight excluding hydrogens is 390 g/mol. The van der Waals surface area contributed by atoms with Crippen molar-refractivity contribution in [1.29, 1.82) is 0 Å². The van der Waals surface area contributed by atoms with Gasteiger partial charge in [0.2, 0.25) is 0 Å². The highest BCUT2D eigenvalue weighted by molar-refractivity contribution is 7.90. The Labute approximate surface area is 160 Å². The molecule has 0 spiro atoms. The highest BCUT2D eigenvalue weighted by atomic mass is 32.2. The summed E-state index contributed by atoms with van der Waals surface area (Å²) in [6.45, 7) is 1.51. The van der Waals surface area contributed by atoms with Crippen LogP contribution in [0.2, 0.25) is 0 Å². The minimum Gasteiger partial charge on any atom is -0.467 e. The third-order valence-electron chi connectivity index (χ3n) is 4.20. The lowest BCUT2D eigenvalue weighted by atomic mass is 10.1. The number of hydrogen-bond acceptors (Lipinski definition) is 8. The Morgan fingerprint density at radius 3 is 2.71 bits per heavy atom. The maximum atomic E-state index is 12.5. The third-order valence-corrected chi connectivity index (χ3v) is 5.31. The van der Waals surface area contributed by atoms with Gasteiger partial charge in [-0.2, -0.15) is 0 Å². The van der Waals surface area contributed by atoms with Crippen molar-refractivity contribution in [1.82, 2.24) is 0 Å². The molecule has 0 bridgehead atoms. The summed E-state index contributed by atoms with van der Waals surface area (Å²) in [6.07, 6.45) is 1.04. The van der Waals surface area contributed by atoms with E-state index in [2.05, 4.69) is 0 Å². The maximum Gasteiger partial charge on any atom is 0.338 e. The van der Waals surface area contributed by atoms with Crippen molar-refractivity contribution in [3.8, 4) is 5.75 Å². The summed E-state index contributed by atoms with van der Waals surface area (Å²) in [5, 5.41) is 11.1. The van der Waals surface area contributed by atoms with Gasteiger partial charge in [0.1, 0.15) is 12.4 Å². The molecule has 0 radical (unpaired) electrons. The second kappa shape index (κ2) is 7.56. The number of rotatable bonds is 5. The molecule has 0 saturated heterocycles. The highest BCUT2D eigenvalue weighted by Crippen LogP contribution is 2.33. The Morgan fingerprint density at radius 2 is 2.04 bits per heavy atom. The fourth-order valence-corrected chi connectivity index (χ4v) is 3.41. The number of hydrogen-bond donors (Lipinski definition) is 0. The molecule has 0 aromatic heterocycles. The predicted octanol–water partition coefficient (Wildman–Crippen LogP) is 2.53. The van der Waals surface area contributed by atoms with Crippen LogP contribution in [0.15, 0.2) is 35.2 Å². The van der Waals surface area contributed by atoms with Crippen LogP contribution in [-0.2, 0) is 32.5 Å². The van der Waals surface area contributed by atoms with E-state index in [0.717, 1.165) is 6.26 Å². The van der Waals surface area contributed by atoms with E-state index in [1.54, 1.807) is 6.92 Å². The molecule has 1 aliphatic heterocycles. The molecule has 0 N–H and O–H groups in total. The van der Waals surface area contributed by atoms with Gasteiger partial charge in [0.15, 0.2) is 16.6 Å². The largest absolute Gasteiger partial charge is 0.467 e. The maximum absolute atomic E-state index is 12.5. The zero-order chi connectivity index (χ0) is 20.5. The number of esters is 1. The molecule has 0 atom stereocenters. The van der Waals surface area contributed by atoms with Gasteiger partial charge in [-0.05, 0) is 24.6 Å². The first-order valence-electron chi connectivity index (χ1n) is 8.15. The van der Waals surface area contributed by atoms with Gasteiger partial charge in [-0.1, -0.05) is 6.07 Å². The molecule has 0 saturated carbocycles. The third kappa shape index (κ3) is 4.12. The molecule has 0 unspecified atom stereocenters. The van der Waals surface area contributed by atoms with Crippen LogP contribution in [0.3, 0.4) is 0 Å². The molecule has 0 fully saturated rings. The Balaban J connectivity index is 1.88. The highest BCUT2D eigenvalue weighted by Gasteiger charge is 2.22. The Hall–Kier alpha value is -2.98. The zero-order valence-electron chi connectivity index (χ0n) is 15.1. The molecule has 148 valence electrons. The molecule has 1 aliphatic rings. The topological polar surface area (TPSA) is 122 Å². The van der Waals surface area contributed by atoms with E-state index in [-0.39, 0.29) is 36.2 Å². The predicted molar refractivity (Wildman–Crippen MR) is 96.8 cm³/mol. The van der Waals surface area contributed by atoms with Gasteiger partial charge < -0.3 is 14.2 Å². The smallest absolute Gasteiger partial charge is 0.338 e. The second-order valence-electron chi connectivity index (χ2n) is 6.29. The fraction of sp³-hybridized carbons (Fsp3) is 0.278. The molecule has 1 heterocycles. The first kappa shape index (κ1) is 19.8.